The van der Waals surface area contributed by atoms with Gasteiger partial charge in [-0.3, -0.25) is 24.0 Å². The third-order valence-electron chi connectivity index (χ3n) is 8.31. The van der Waals surface area contributed by atoms with Crippen LogP contribution in [0.15, 0.2) is 0 Å². The fraction of sp³-hybridized carbons (Fsp3) is 0.806. The second-order valence-corrected chi connectivity index (χ2v) is 14.8. The Bertz CT molecular complexity index is 1340. The lowest BCUT2D eigenvalue weighted by atomic mass is 9.84. The highest BCUT2D eigenvalue weighted by Crippen LogP contribution is 2.27. The Balaban J connectivity index is 0.00000203. The summed E-state index contributed by atoms with van der Waals surface area (Å²) in [6, 6.07) is -2.75. The van der Waals surface area contributed by atoms with Crippen molar-refractivity contribution in [3.8, 4) is 0 Å². The van der Waals surface area contributed by atoms with Gasteiger partial charge in [-0.1, -0.05) is 13.8 Å². The van der Waals surface area contributed by atoms with Crippen LogP contribution in [0, 0.1) is 5.41 Å². The molecular formula is C31H53F3N6O15S. The first-order chi connectivity index (χ1) is 25.8. The van der Waals surface area contributed by atoms with E-state index in [2.05, 4.69) is 16.0 Å². The number of esters is 1. The largest absolute Gasteiger partial charge is 0.490 e. The van der Waals surface area contributed by atoms with E-state index in [1.54, 1.807) is 0 Å². The number of aliphatic carboxylic acids is 1. The van der Waals surface area contributed by atoms with Gasteiger partial charge in [-0.2, -0.15) is 24.9 Å². The minimum atomic E-state index is -5.08. The Labute approximate surface area is 323 Å². The van der Waals surface area contributed by atoms with Crippen molar-refractivity contribution in [3.05, 3.63) is 0 Å². The minimum absolute atomic E-state index is 0.00423. The van der Waals surface area contributed by atoms with E-state index in [-0.39, 0.29) is 56.5 Å². The minimum Gasteiger partial charge on any atom is -0.475 e. The van der Waals surface area contributed by atoms with Crippen molar-refractivity contribution in [1.29, 1.82) is 0 Å². The average molecular weight is 839 g/mol. The van der Waals surface area contributed by atoms with Crippen molar-refractivity contribution in [2.75, 3.05) is 37.7 Å². The van der Waals surface area contributed by atoms with Crippen LogP contribution in [0.5, 0.6) is 0 Å². The van der Waals surface area contributed by atoms with Crippen LogP contribution >= 0.6 is 11.8 Å². The molecule has 11 atom stereocenters. The molecule has 0 radical (unpaired) electrons. The number of alkyl halides is 3. The quantitative estimate of drug-likeness (QED) is 0.0349. The normalized spacial score (nSPS) is 28.5. The number of carbonyl (C=O) groups is 6. The lowest BCUT2D eigenvalue weighted by Gasteiger charge is -2.45. The van der Waals surface area contributed by atoms with Gasteiger partial charge in [0, 0.05) is 49.3 Å². The maximum absolute atomic E-state index is 12.4. The van der Waals surface area contributed by atoms with Gasteiger partial charge in [-0.05, 0) is 13.3 Å². The Morgan fingerprint density at radius 1 is 0.893 bits per heavy atom. The second-order valence-electron chi connectivity index (χ2n) is 13.7. The number of hydrogen-bond donors (Lipinski definition) is 12. The predicted octanol–water partition coefficient (Wildman–Crippen LogP) is -5.06. The number of carboxylic acids is 1. The van der Waals surface area contributed by atoms with Gasteiger partial charge in [0.15, 0.2) is 6.29 Å². The van der Waals surface area contributed by atoms with Crippen molar-refractivity contribution in [2.45, 2.75) is 113 Å². The number of carbonyl (C=O) groups excluding carboxylic acids is 5. The molecule has 15 N–H and O–H groups in total. The van der Waals surface area contributed by atoms with Crippen molar-refractivity contribution in [3.63, 3.8) is 0 Å². The number of rotatable bonds is 18. The van der Waals surface area contributed by atoms with Gasteiger partial charge in [-0.25, -0.2) is 4.79 Å². The monoisotopic (exact) mass is 838 g/mol. The van der Waals surface area contributed by atoms with E-state index in [9.17, 15) is 62.7 Å². The van der Waals surface area contributed by atoms with Crippen LogP contribution < -0.4 is 33.2 Å². The molecular weight excluding hydrogens is 785 g/mol. The number of aliphatic hydroxyl groups is 5. The number of halogens is 3. The lowest BCUT2D eigenvalue weighted by molar-refractivity contribution is -0.288. The Morgan fingerprint density at radius 3 is 2.07 bits per heavy atom. The zero-order valence-electron chi connectivity index (χ0n) is 30.8. The van der Waals surface area contributed by atoms with E-state index in [4.69, 9.17) is 41.3 Å². The van der Waals surface area contributed by atoms with Gasteiger partial charge < -0.3 is 78.0 Å². The van der Waals surface area contributed by atoms with E-state index in [1.807, 2.05) is 0 Å². The Morgan fingerprint density at radius 2 is 1.50 bits per heavy atom. The molecule has 25 heteroatoms. The summed E-state index contributed by atoms with van der Waals surface area (Å²) in [5, 5.41) is 66.5. The number of nitrogens with two attached hydrogens (primary N) is 3. The van der Waals surface area contributed by atoms with Gasteiger partial charge in [0.05, 0.1) is 24.5 Å². The number of aliphatic hydroxyl groups excluding tert-OH is 5. The standard InChI is InChI=1S/C29H52N6O13S.C2HF3O2/c1-13(36)8-19(39)46-12-29(2,3)26(44)27(45)34-5-4-17(37)33-6-7-49-11-18(38)35-10-16-22(41)23(42)20(32)28(47-16)48-25-15(31)9-14(30)21(40)24(25)43;3-2(4,5)1(6)7/h14-16,20-26,28,40-44H,4-12,30-32H2,1-3H3,(H,33,37)(H,34,45)(H,35,38);(H,6,7)/t14-,15+,16-,20-,21+,22-,23-,24-,25-,26+,28-;/m1./s1. The molecule has 0 bridgehead atoms. The second kappa shape index (κ2) is 23.2. The summed E-state index contributed by atoms with van der Waals surface area (Å²) < 4.78 is 48.1. The molecule has 0 unspecified atom stereocenters. The van der Waals surface area contributed by atoms with Gasteiger partial charge in [0.25, 0.3) is 0 Å². The molecule has 2 aliphatic rings. The van der Waals surface area contributed by atoms with E-state index in [1.165, 1.54) is 32.5 Å². The molecule has 2 fully saturated rings. The van der Waals surface area contributed by atoms with Crippen LogP contribution in [0.2, 0.25) is 0 Å². The van der Waals surface area contributed by atoms with E-state index in [0.717, 1.165) is 0 Å². The first-order valence-corrected chi connectivity index (χ1v) is 18.3. The average Bonchev–Trinajstić information content (AvgIpc) is 3.10. The van der Waals surface area contributed by atoms with E-state index < -0.39 is 109 Å². The highest BCUT2D eigenvalue weighted by Gasteiger charge is 2.48. The number of nitrogens with one attached hydrogen (secondary N) is 3. The Hall–Kier alpha value is -3.24. The van der Waals surface area contributed by atoms with E-state index in [0.29, 0.717) is 5.75 Å². The summed E-state index contributed by atoms with van der Waals surface area (Å²) in [6.45, 7) is 3.89. The molecule has 1 heterocycles. The molecule has 3 amide bonds. The summed E-state index contributed by atoms with van der Waals surface area (Å²) >= 11 is 1.20. The molecule has 21 nitrogen and oxygen atoms in total. The van der Waals surface area contributed by atoms with Crippen LogP contribution in [0.25, 0.3) is 0 Å². The lowest BCUT2D eigenvalue weighted by Crippen LogP contribution is -2.67. The summed E-state index contributed by atoms with van der Waals surface area (Å²) in [4.78, 5) is 68.3. The van der Waals surface area contributed by atoms with Gasteiger partial charge in [-0.15, -0.1) is 0 Å². The first kappa shape index (κ1) is 50.8. The van der Waals surface area contributed by atoms with Crippen molar-refractivity contribution >= 4 is 47.2 Å². The number of Topliss-reactive ketones (excluding diaryl/α,β-unsaturated/α-hetero) is 1. The molecule has 0 spiro atoms. The van der Waals surface area contributed by atoms with Gasteiger partial charge in [0.1, 0.15) is 48.8 Å². The SMILES string of the molecule is CC(=O)CC(=O)OCC(C)(C)[C@@H](O)C(=O)NCCC(=O)NCCSCC(=O)NC[C@H]1O[C@H](O[C@H]2[C@H](O)[C@@H](O)[C@H](N)C[C@@H]2N)[C@H](N)[C@@H](O)[C@@H]1O.O=C(O)C(F)(F)F. The molecule has 0 aromatic rings. The molecule has 0 aromatic carbocycles. The van der Waals surface area contributed by atoms with Crippen molar-refractivity contribution in [1.82, 2.24) is 16.0 Å². The summed E-state index contributed by atoms with van der Waals surface area (Å²) in [6.07, 6.45) is -16.3. The topological polar surface area (TPSA) is 366 Å². The smallest absolute Gasteiger partial charge is 0.475 e. The van der Waals surface area contributed by atoms with Crippen LogP contribution in [-0.4, -0.2) is 177 Å². The zero-order valence-corrected chi connectivity index (χ0v) is 31.7. The summed E-state index contributed by atoms with van der Waals surface area (Å²) in [5.41, 5.74) is 16.6. The summed E-state index contributed by atoms with van der Waals surface area (Å²) in [7, 11) is 0. The third-order valence-corrected chi connectivity index (χ3v) is 9.27. The fourth-order valence-electron chi connectivity index (χ4n) is 5.00. The zero-order chi connectivity index (χ0) is 43.1. The molecule has 1 saturated carbocycles. The maximum atomic E-state index is 12.4. The van der Waals surface area contributed by atoms with Crippen LogP contribution in [0.3, 0.4) is 0 Å². The van der Waals surface area contributed by atoms with Crippen molar-refractivity contribution < 1.29 is 86.8 Å². The molecule has 2 rings (SSSR count). The first-order valence-electron chi connectivity index (χ1n) is 17.1. The van der Waals surface area contributed by atoms with Crippen LogP contribution in [-0.2, 0) is 43.0 Å². The van der Waals surface area contributed by atoms with Gasteiger partial charge >= 0.3 is 18.1 Å². The van der Waals surface area contributed by atoms with E-state index >= 15 is 0 Å². The number of thioether (sulfide) groups is 1. The molecule has 1 aliphatic carbocycles. The highest BCUT2D eigenvalue weighted by molar-refractivity contribution is 7.99. The molecule has 1 aliphatic heterocycles. The molecule has 324 valence electrons. The third kappa shape index (κ3) is 17.1. The Kier molecular flexibility index (Phi) is 21.1. The number of ether oxygens (including phenoxy) is 3. The number of carboxylic acid groups (broad SMARTS) is 1. The number of hydrogen-bond acceptors (Lipinski definition) is 18. The van der Waals surface area contributed by atoms with Crippen LogP contribution in [0.1, 0.15) is 40.0 Å². The maximum Gasteiger partial charge on any atom is 0.490 e. The van der Waals surface area contributed by atoms with Crippen molar-refractivity contribution in [2.24, 2.45) is 22.6 Å². The molecule has 1 saturated heterocycles. The molecule has 56 heavy (non-hydrogen) atoms. The predicted molar refractivity (Wildman–Crippen MR) is 187 cm³/mol. The van der Waals surface area contributed by atoms with Gasteiger partial charge in [0.2, 0.25) is 17.7 Å². The van der Waals surface area contributed by atoms with Crippen LogP contribution in [0.4, 0.5) is 13.2 Å². The molecule has 0 aromatic heterocycles. The highest BCUT2D eigenvalue weighted by atomic mass is 32.2. The number of ketones is 1. The fourth-order valence-corrected chi connectivity index (χ4v) is 5.68. The summed E-state index contributed by atoms with van der Waals surface area (Å²) in [5.74, 6) is -5.09. The number of amides is 3.